The molecule has 6 heteroatoms. The van der Waals surface area contributed by atoms with Crippen molar-refractivity contribution in [3.63, 3.8) is 0 Å². The van der Waals surface area contributed by atoms with Gasteiger partial charge in [-0.05, 0) is 31.7 Å². The Balaban J connectivity index is 1.54. The summed E-state index contributed by atoms with van der Waals surface area (Å²) in [5, 5.41) is 6.11. The molecule has 0 aliphatic carbocycles. The number of carbonyl (C=O) groups is 1. The molecule has 1 atom stereocenters. The molecule has 0 spiro atoms. The van der Waals surface area contributed by atoms with Crippen molar-refractivity contribution in [1.29, 1.82) is 0 Å². The molecule has 1 aliphatic heterocycles. The highest BCUT2D eigenvalue weighted by Gasteiger charge is 2.16. The topological polar surface area (TPSA) is 70.1 Å². The zero-order valence-corrected chi connectivity index (χ0v) is 14.6. The zero-order valence-electron chi connectivity index (χ0n) is 14.6. The number of piperidine rings is 1. The molecule has 1 unspecified atom stereocenters. The zero-order chi connectivity index (χ0) is 17.5. The first-order valence-corrected chi connectivity index (χ1v) is 8.87. The third kappa shape index (κ3) is 4.92. The number of benzene rings is 1. The highest BCUT2D eigenvalue weighted by molar-refractivity contribution is 5.83. The van der Waals surface area contributed by atoms with Crippen molar-refractivity contribution >= 4 is 17.5 Å². The Hall–Kier alpha value is -2.63. The summed E-state index contributed by atoms with van der Waals surface area (Å²) in [6, 6.07) is 11.4. The van der Waals surface area contributed by atoms with Crippen molar-refractivity contribution in [3.8, 4) is 0 Å². The maximum absolute atomic E-state index is 12.3. The number of nitrogens with one attached hydrogen (secondary N) is 2. The van der Waals surface area contributed by atoms with Crippen LogP contribution in [-0.2, 0) is 11.3 Å². The van der Waals surface area contributed by atoms with Crippen LogP contribution >= 0.6 is 0 Å². The van der Waals surface area contributed by atoms with Crippen molar-refractivity contribution in [1.82, 2.24) is 15.3 Å². The summed E-state index contributed by atoms with van der Waals surface area (Å²) in [4.78, 5) is 23.2. The normalized spacial score (nSPS) is 15.5. The number of aromatic nitrogens is 2. The Kier molecular flexibility index (Phi) is 5.82. The van der Waals surface area contributed by atoms with Crippen LogP contribution in [-0.4, -0.2) is 35.0 Å². The van der Waals surface area contributed by atoms with E-state index in [0.29, 0.717) is 12.4 Å². The Labute approximate surface area is 148 Å². The van der Waals surface area contributed by atoms with E-state index < -0.39 is 0 Å². The van der Waals surface area contributed by atoms with Crippen molar-refractivity contribution in [2.45, 2.75) is 38.8 Å². The molecule has 1 amide bonds. The lowest BCUT2D eigenvalue weighted by atomic mass is 10.1. The van der Waals surface area contributed by atoms with Crippen LogP contribution < -0.4 is 15.5 Å². The van der Waals surface area contributed by atoms with Crippen LogP contribution in [0.25, 0.3) is 0 Å². The monoisotopic (exact) mass is 339 g/mol. The molecule has 3 rings (SSSR count). The van der Waals surface area contributed by atoms with Gasteiger partial charge in [-0.1, -0.05) is 30.3 Å². The quantitative estimate of drug-likeness (QED) is 0.846. The van der Waals surface area contributed by atoms with Crippen LogP contribution in [0.2, 0.25) is 0 Å². The molecular weight excluding hydrogens is 314 g/mol. The number of rotatable bonds is 6. The lowest BCUT2D eigenvalue weighted by Crippen LogP contribution is -2.37. The third-order valence-electron chi connectivity index (χ3n) is 4.40. The van der Waals surface area contributed by atoms with Crippen molar-refractivity contribution < 1.29 is 4.79 Å². The first-order valence-electron chi connectivity index (χ1n) is 8.87. The standard InChI is InChI=1S/C19H25N5O/c1-15(19(25)20-13-16-8-4-2-5-9-16)23-17-12-18(22-14-21-17)24-10-6-3-7-11-24/h2,4-5,8-9,12,14-15H,3,6-7,10-11,13H2,1H3,(H,20,25)(H,21,22,23). The fraction of sp³-hybridized carbons (Fsp3) is 0.421. The maximum atomic E-state index is 12.3. The number of nitrogens with zero attached hydrogens (tertiary/aromatic N) is 3. The predicted molar refractivity (Wildman–Crippen MR) is 99.5 cm³/mol. The second kappa shape index (κ2) is 8.46. The second-order valence-electron chi connectivity index (χ2n) is 6.38. The third-order valence-corrected chi connectivity index (χ3v) is 4.40. The molecule has 1 aliphatic rings. The van der Waals surface area contributed by atoms with Gasteiger partial charge in [0.1, 0.15) is 24.0 Å². The highest BCUT2D eigenvalue weighted by Crippen LogP contribution is 2.19. The van der Waals surface area contributed by atoms with E-state index in [2.05, 4.69) is 25.5 Å². The molecule has 2 aromatic rings. The minimum atomic E-state index is -0.368. The molecule has 1 aromatic carbocycles. The molecule has 1 fully saturated rings. The molecule has 0 saturated carbocycles. The predicted octanol–water partition coefficient (Wildman–Crippen LogP) is 2.58. The minimum Gasteiger partial charge on any atom is -0.358 e. The van der Waals surface area contributed by atoms with Gasteiger partial charge in [0, 0.05) is 25.7 Å². The average molecular weight is 339 g/mol. The largest absolute Gasteiger partial charge is 0.358 e. The Morgan fingerprint density at radius 3 is 2.68 bits per heavy atom. The van der Waals surface area contributed by atoms with E-state index in [9.17, 15) is 4.79 Å². The number of hydrogen-bond acceptors (Lipinski definition) is 5. The van der Waals surface area contributed by atoms with Crippen LogP contribution in [0.4, 0.5) is 11.6 Å². The van der Waals surface area contributed by atoms with Crippen LogP contribution in [0.1, 0.15) is 31.7 Å². The van der Waals surface area contributed by atoms with Gasteiger partial charge in [-0.25, -0.2) is 9.97 Å². The Morgan fingerprint density at radius 1 is 1.16 bits per heavy atom. The molecule has 0 radical (unpaired) electrons. The van der Waals surface area contributed by atoms with E-state index >= 15 is 0 Å². The van der Waals surface area contributed by atoms with Gasteiger partial charge in [-0.2, -0.15) is 0 Å². The lowest BCUT2D eigenvalue weighted by Gasteiger charge is -2.27. The average Bonchev–Trinajstić information content (AvgIpc) is 2.68. The first-order chi connectivity index (χ1) is 12.2. The van der Waals surface area contributed by atoms with Crippen LogP contribution in [0, 0.1) is 0 Å². The Bertz CT molecular complexity index is 685. The van der Waals surface area contributed by atoms with E-state index in [1.54, 1.807) is 6.33 Å². The summed E-state index contributed by atoms with van der Waals surface area (Å²) in [6.07, 6.45) is 5.24. The number of carbonyl (C=O) groups excluding carboxylic acids is 1. The SMILES string of the molecule is CC(Nc1cc(N2CCCCC2)ncn1)C(=O)NCc1ccccc1. The molecular formula is C19H25N5O. The molecule has 25 heavy (non-hydrogen) atoms. The van der Waals surface area contributed by atoms with Gasteiger partial charge in [0.05, 0.1) is 0 Å². The van der Waals surface area contributed by atoms with Gasteiger partial charge in [0.2, 0.25) is 5.91 Å². The van der Waals surface area contributed by atoms with Crippen LogP contribution in [0.5, 0.6) is 0 Å². The molecule has 132 valence electrons. The summed E-state index contributed by atoms with van der Waals surface area (Å²) in [6.45, 7) is 4.42. The van der Waals surface area contributed by atoms with Crippen LogP contribution in [0.3, 0.4) is 0 Å². The summed E-state index contributed by atoms with van der Waals surface area (Å²) in [5.41, 5.74) is 1.08. The summed E-state index contributed by atoms with van der Waals surface area (Å²) in [5.74, 6) is 1.55. The number of anilines is 2. The number of hydrogen-bond donors (Lipinski definition) is 2. The van der Waals surface area contributed by atoms with E-state index in [0.717, 1.165) is 24.5 Å². The summed E-state index contributed by atoms with van der Waals surface area (Å²) in [7, 11) is 0. The highest BCUT2D eigenvalue weighted by atomic mass is 16.2. The van der Waals surface area contributed by atoms with Gasteiger partial charge in [0.25, 0.3) is 0 Å². The second-order valence-corrected chi connectivity index (χ2v) is 6.38. The first kappa shape index (κ1) is 17.2. The van der Waals surface area contributed by atoms with E-state index in [-0.39, 0.29) is 11.9 Å². The van der Waals surface area contributed by atoms with Gasteiger partial charge in [-0.15, -0.1) is 0 Å². The fourth-order valence-corrected chi connectivity index (χ4v) is 2.95. The molecule has 2 heterocycles. The Morgan fingerprint density at radius 2 is 1.92 bits per heavy atom. The smallest absolute Gasteiger partial charge is 0.242 e. The van der Waals surface area contributed by atoms with Crippen LogP contribution in [0.15, 0.2) is 42.7 Å². The summed E-state index contributed by atoms with van der Waals surface area (Å²) < 4.78 is 0. The van der Waals surface area contributed by atoms with Crippen molar-refractivity contribution in [2.24, 2.45) is 0 Å². The maximum Gasteiger partial charge on any atom is 0.242 e. The lowest BCUT2D eigenvalue weighted by molar-refractivity contribution is -0.121. The van der Waals surface area contributed by atoms with Gasteiger partial charge < -0.3 is 15.5 Å². The molecule has 6 nitrogen and oxygen atoms in total. The van der Waals surface area contributed by atoms with E-state index in [1.165, 1.54) is 19.3 Å². The van der Waals surface area contributed by atoms with Gasteiger partial charge in [0.15, 0.2) is 0 Å². The minimum absolute atomic E-state index is 0.0537. The molecule has 0 bridgehead atoms. The molecule has 1 aromatic heterocycles. The molecule has 1 saturated heterocycles. The summed E-state index contributed by atoms with van der Waals surface area (Å²) >= 11 is 0. The number of amides is 1. The van der Waals surface area contributed by atoms with E-state index in [1.807, 2.05) is 43.3 Å². The van der Waals surface area contributed by atoms with Crippen molar-refractivity contribution in [2.75, 3.05) is 23.3 Å². The van der Waals surface area contributed by atoms with Gasteiger partial charge >= 0.3 is 0 Å². The van der Waals surface area contributed by atoms with E-state index in [4.69, 9.17) is 0 Å². The fourth-order valence-electron chi connectivity index (χ4n) is 2.95. The molecule has 2 N–H and O–H groups in total. The van der Waals surface area contributed by atoms with Crippen molar-refractivity contribution in [3.05, 3.63) is 48.3 Å². The van der Waals surface area contributed by atoms with Gasteiger partial charge in [-0.3, -0.25) is 4.79 Å².